The van der Waals surface area contributed by atoms with Crippen molar-refractivity contribution in [3.63, 3.8) is 0 Å². The summed E-state index contributed by atoms with van der Waals surface area (Å²) in [5.74, 6) is -1.62. The summed E-state index contributed by atoms with van der Waals surface area (Å²) in [7, 11) is 0. The highest BCUT2D eigenvalue weighted by molar-refractivity contribution is 6.38. The maximum Gasteiger partial charge on any atom is 0.375 e. The van der Waals surface area contributed by atoms with Crippen LogP contribution >= 0.6 is 0 Å². The summed E-state index contributed by atoms with van der Waals surface area (Å²) >= 11 is 0. The molecule has 0 aromatic carbocycles. The van der Waals surface area contributed by atoms with E-state index >= 15 is 0 Å². The molecule has 0 amide bonds. The van der Waals surface area contributed by atoms with Gasteiger partial charge in [0.2, 0.25) is 5.78 Å². The largest absolute Gasteiger partial charge is 0.460 e. The fraction of sp³-hybridized carbons (Fsp3) is 0.647. The van der Waals surface area contributed by atoms with Crippen LogP contribution in [0.2, 0.25) is 0 Å². The van der Waals surface area contributed by atoms with Gasteiger partial charge in [-0.05, 0) is 32.1 Å². The maximum absolute atomic E-state index is 13.0. The van der Waals surface area contributed by atoms with Crippen LogP contribution in [-0.4, -0.2) is 29.3 Å². The van der Waals surface area contributed by atoms with Crippen LogP contribution in [0.4, 0.5) is 0 Å². The smallest absolute Gasteiger partial charge is 0.375 e. The third-order valence-corrected chi connectivity index (χ3v) is 5.51. The number of ether oxygens (including phenoxy) is 1. The fourth-order valence-corrected chi connectivity index (χ4v) is 4.35. The first-order valence-electron chi connectivity index (χ1n) is 8.08. The lowest BCUT2D eigenvalue weighted by molar-refractivity contribution is -0.160. The van der Waals surface area contributed by atoms with Gasteiger partial charge >= 0.3 is 5.97 Å². The van der Waals surface area contributed by atoms with Gasteiger partial charge in [-0.1, -0.05) is 19.0 Å². The number of esters is 1. The summed E-state index contributed by atoms with van der Waals surface area (Å²) in [5.41, 5.74) is 0.261. The quantitative estimate of drug-likeness (QED) is 0.481. The Hall–Kier alpha value is -1.98. The van der Waals surface area contributed by atoms with Crippen molar-refractivity contribution >= 4 is 17.5 Å². The number of ketones is 2. The van der Waals surface area contributed by atoms with Crippen LogP contribution in [0, 0.1) is 17.3 Å². The molecule has 1 aromatic heterocycles. The molecule has 0 saturated heterocycles. The number of hydrogen-bond donors (Lipinski definition) is 0. The normalized spacial score (nSPS) is 32.8. The molecule has 2 aliphatic rings. The standard InChI is InChI=1S/C17H21NO5/c1-4-22-16(21)13(19)11-5-6-12-9(2)14-10(8-18-23-14)7-17(12,3)15(11)20/h8-9,11-12H,4-7H2,1-3H3/t9-,11?,12-,17-/m1/s1. The number of carbonyl (C=O) groups is 3. The molecule has 1 fully saturated rings. The molecule has 2 aliphatic carbocycles. The predicted molar refractivity (Wildman–Crippen MR) is 79.6 cm³/mol. The van der Waals surface area contributed by atoms with Gasteiger partial charge in [0.25, 0.3) is 0 Å². The topological polar surface area (TPSA) is 86.5 Å². The molecule has 0 aliphatic heterocycles. The van der Waals surface area contributed by atoms with Gasteiger partial charge < -0.3 is 9.26 Å². The van der Waals surface area contributed by atoms with Crippen molar-refractivity contribution in [2.45, 2.75) is 46.0 Å². The molecule has 0 N–H and O–H groups in total. The van der Waals surface area contributed by atoms with E-state index < -0.39 is 23.1 Å². The Bertz CT molecular complexity index is 664. The Morgan fingerprint density at radius 1 is 1.43 bits per heavy atom. The number of Topliss-reactive ketones (excluding diaryl/α,β-unsaturated/α-hetero) is 2. The maximum atomic E-state index is 13.0. The Morgan fingerprint density at radius 3 is 2.87 bits per heavy atom. The molecule has 1 unspecified atom stereocenters. The first-order chi connectivity index (χ1) is 10.9. The highest BCUT2D eigenvalue weighted by Gasteiger charge is 2.55. The number of hydrogen-bond acceptors (Lipinski definition) is 6. The van der Waals surface area contributed by atoms with E-state index in [4.69, 9.17) is 9.26 Å². The van der Waals surface area contributed by atoms with Crippen LogP contribution in [-0.2, 0) is 25.5 Å². The molecule has 1 heterocycles. The van der Waals surface area contributed by atoms with E-state index in [0.717, 1.165) is 11.3 Å². The van der Waals surface area contributed by atoms with E-state index in [1.807, 2.05) is 13.8 Å². The monoisotopic (exact) mass is 319 g/mol. The summed E-state index contributed by atoms with van der Waals surface area (Å²) in [6.45, 7) is 5.71. The summed E-state index contributed by atoms with van der Waals surface area (Å²) in [6, 6.07) is 0. The van der Waals surface area contributed by atoms with E-state index in [2.05, 4.69) is 5.16 Å². The van der Waals surface area contributed by atoms with Crippen LogP contribution in [0.3, 0.4) is 0 Å². The van der Waals surface area contributed by atoms with Crippen molar-refractivity contribution in [3.8, 4) is 0 Å². The Morgan fingerprint density at radius 2 is 2.17 bits per heavy atom. The zero-order chi connectivity index (χ0) is 16.8. The SMILES string of the molecule is CCOC(=O)C(=O)C1CC[C@@H]2[C@@H](C)c3oncc3C[C@@]2(C)C1=O. The number of rotatable bonds is 3. The van der Waals surface area contributed by atoms with Gasteiger partial charge in [0.15, 0.2) is 0 Å². The van der Waals surface area contributed by atoms with Crippen molar-refractivity contribution in [2.75, 3.05) is 6.61 Å². The van der Waals surface area contributed by atoms with E-state index in [9.17, 15) is 14.4 Å². The number of aromatic nitrogens is 1. The highest BCUT2D eigenvalue weighted by atomic mass is 16.5. The van der Waals surface area contributed by atoms with E-state index in [0.29, 0.717) is 19.3 Å². The molecule has 4 atom stereocenters. The molecule has 0 bridgehead atoms. The molecular weight excluding hydrogens is 298 g/mol. The highest BCUT2D eigenvalue weighted by Crippen LogP contribution is 2.53. The lowest BCUT2D eigenvalue weighted by atomic mass is 9.54. The fourth-order valence-electron chi connectivity index (χ4n) is 4.35. The zero-order valence-electron chi connectivity index (χ0n) is 13.6. The van der Waals surface area contributed by atoms with Crippen LogP contribution in [0.5, 0.6) is 0 Å². The molecule has 0 radical (unpaired) electrons. The van der Waals surface area contributed by atoms with E-state index in [1.54, 1.807) is 13.1 Å². The molecule has 6 nitrogen and oxygen atoms in total. The van der Waals surface area contributed by atoms with E-state index in [1.165, 1.54) is 0 Å². The number of fused-ring (bicyclic) bond motifs is 2. The summed E-state index contributed by atoms with van der Waals surface area (Å²) in [4.78, 5) is 37.0. The third-order valence-electron chi connectivity index (χ3n) is 5.51. The predicted octanol–water partition coefficient (Wildman–Crippen LogP) is 2.07. The molecule has 6 heteroatoms. The van der Waals surface area contributed by atoms with Crippen LogP contribution in [0.15, 0.2) is 10.7 Å². The van der Waals surface area contributed by atoms with Crippen molar-refractivity contribution in [1.82, 2.24) is 5.16 Å². The Kier molecular flexibility index (Phi) is 3.86. The van der Waals surface area contributed by atoms with Crippen molar-refractivity contribution < 1.29 is 23.6 Å². The average molecular weight is 319 g/mol. The summed E-state index contributed by atoms with van der Waals surface area (Å²) in [6.07, 6.45) is 3.26. The van der Waals surface area contributed by atoms with Crippen molar-refractivity contribution in [2.24, 2.45) is 17.3 Å². The molecule has 23 heavy (non-hydrogen) atoms. The lowest BCUT2D eigenvalue weighted by Crippen LogP contribution is -2.52. The van der Waals surface area contributed by atoms with Crippen LogP contribution in [0.25, 0.3) is 0 Å². The van der Waals surface area contributed by atoms with Gasteiger partial charge in [-0.25, -0.2) is 4.79 Å². The molecule has 0 spiro atoms. The minimum Gasteiger partial charge on any atom is -0.460 e. The van der Waals surface area contributed by atoms with Crippen LogP contribution in [0.1, 0.15) is 50.9 Å². The number of carbonyl (C=O) groups excluding carboxylic acids is 3. The summed E-state index contributed by atoms with van der Waals surface area (Å²) in [5, 5.41) is 3.85. The molecule has 1 saturated carbocycles. The third kappa shape index (κ3) is 2.31. The van der Waals surface area contributed by atoms with Gasteiger partial charge in [-0.3, -0.25) is 9.59 Å². The van der Waals surface area contributed by atoms with Gasteiger partial charge in [0.05, 0.1) is 18.7 Å². The van der Waals surface area contributed by atoms with Gasteiger partial charge in [-0.15, -0.1) is 0 Å². The minimum absolute atomic E-state index is 0.0776. The van der Waals surface area contributed by atoms with Gasteiger partial charge in [-0.2, -0.15) is 0 Å². The average Bonchev–Trinajstić information content (AvgIpc) is 2.97. The molecular formula is C17H21NO5. The van der Waals surface area contributed by atoms with Crippen molar-refractivity contribution in [3.05, 3.63) is 17.5 Å². The summed E-state index contributed by atoms with van der Waals surface area (Å²) < 4.78 is 10.1. The molecule has 1 aromatic rings. The second-order valence-electron chi connectivity index (χ2n) is 6.78. The second-order valence-corrected chi connectivity index (χ2v) is 6.78. The van der Waals surface area contributed by atoms with Crippen LogP contribution < -0.4 is 0 Å². The Labute approximate surface area is 134 Å². The first-order valence-corrected chi connectivity index (χ1v) is 8.08. The van der Waals surface area contributed by atoms with Gasteiger partial charge in [0.1, 0.15) is 11.5 Å². The number of nitrogens with zero attached hydrogens (tertiary/aromatic N) is 1. The Balaban J connectivity index is 1.90. The molecule has 3 rings (SSSR count). The minimum atomic E-state index is -0.901. The van der Waals surface area contributed by atoms with E-state index in [-0.39, 0.29) is 24.2 Å². The molecule has 124 valence electrons. The van der Waals surface area contributed by atoms with Gasteiger partial charge in [0, 0.05) is 16.9 Å². The second kappa shape index (κ2) is 5.58. The lowest BCUT2D eigenvalue weighted by Gasteiger charge is -2.47. The zero-order valence-corrected chi connectivity index (χ0v) is 13.6. The first kappa shape index (κ1) is 15.9. The van der Waals surface area contributed by atoms with Crippen molar-refractivity contribution in [1.29, 1.82) is 0 Å².